The van der Waals surface area contributed by atoms with Crippen molar-refractivity contribution in [2.75, 3.05) is 13.2 Å². The van der Waals surface area contributed by atoms with Crippen molar-refractivity contribution in [2.45, 2.75) is 57.4 Å². The number of Topliss-reactive ketones (excluding diaryl/α,β-unsaturated/α-hetero) is 1. The summed E-state index contributed by atoms with van der Waals surface area (Å²) in [6.07, 6.45) is 9.01. The molecule has 0 aromatic heterocycles. The van der Waals surface area contributed by atoms with Crippen LogP contribution in [0.3, 0.4) is 0 Å². The maximum atomic E-state index is 12.7. The van der Waals surface area contributed by atoms with E-state index in [2.05, 4.69) is 5.32 Å². The SMILES string of the molecule is O=C(OCC(=O)C12CC3CC(CC(C3)C1)C2)[C@@H]1CCCN1. The third-order valence-electron chi connectivity index (χ3n) is 6.32. The summed E-state index contributed by atoms with van der Waals surface area (Å²) in [6, 6.07) is -0.186. The molecule has 0 aromatic carbocycles. The van der Waals surface area contributed by atoms with Crippen LogP contribution in [-0.4, -0.2) is 30.9 Å². The standard InChI is InChI=1S/C17H25NO3/c19-15(10-21-16(20)14-2-1-3-18-14)17-7-11-4-12(8-17)6-13(5-11)9-17/h11-14,18H,1-10H2/t11?,12?,13?,14-,17?/m0/s1. The van der Waals surface area contributed by atoms with E-state index in [1.165, 1.54) is 19.3 Å². The molecule has 0 spiro atoms. The lowest BCUT2D eigenvalue weighted by atomic mass is 9.48. The fourth-order valence-corrected chi connectivity index (χ4v) is 5.73. The lowest BCUT2D eigenvalue weighted by Gasteiger charge is -2.55. The number of esters is 1. The topological polar surface area (TPSA) is 55.4 Å². The highest BCUT2D eigenvalue weighted by Gasteiger charge is 2.54. The predicted molar refractivity (Wildman–Crippen MR) is 77.6 cm³/mol. The second-order valence-corrected chi connectivity index (χ2v) is 7.88. The van der Waals surface area contributed by atoms with Crippen LogP contribution in [0.5, 0.6) is 0 Å². The number of ketones is 1. The molecule has 0 amide bonds. The van der Waals surface area contributed by atoms with Gasteiger partial charge >= 0.3 is 5.97 Å². The van der Waals surface area contributed by atoms with Gasteiger partial charge in [-0.3, -0.25) is 9.59 Å². The Morgan fingerprint density at radius 1 is 1.05 bits per heavy atom. The molecule has 5 fully saturated rings. The molecule has 21 heavy (non-hydrogen) atoms. The number of carbonyl (C=O) groups excluding carboxylic acids is 2. The lowest BCUT2D eigenvalue weighted by molar-refractivity contribution is -0.158. The lowest BCUT2D eigenvalue weighted by Crippen LogP contribution is -2.51. The smallest absolute Gasteiger partial charge is 0.323 e. The molecule has 0 unspecified atom stereocenters. The molecule has 4 bridgehead atoms. The fraction of sp³-hybridized carbons (Fsp3) is 0.882. The summed E-state index contributed by atoms with van der Waals surface area (Å²) in [6.45, 7) is 0.881. The van der Waals surface area contributed by atoms with Crippen molar-refractivity contribution in [3.05, 3.63) is 0 Å². The minimum Gasteiger partial charge on any atom is -0.456 e. The number of hydrogen-bond donors (Lipinski definition) is 1. The van der Waals surface area contributed by atoms with Crippen molar-refractivity contribution >= 4 is 11.8 Å². The Balaban J connectivity index is 1.37. The first kappa shape index (κ1) is 13.7. The van der Waals surface area contributed by atoms with E-state index in [0.717, 1.165) is 56.4 Å². The van der Waals surface area contributed by atoms with E-state index in [9.17, 15) is 9.59 Å². The van der Waals surface area contributed by atoms with E-state index in [1.807, 2.05) is 0 Å². The maximum absolute atomic E-state index is 12.7. The van der Waals surface area contributed by atoms with E-state index in [1.54, 1.807) is 0 Å². The summed E-state index contributed by atoms with van der Waals surface area (Å²) in [4.78, 5) is 24.7. The van der Waals surface area contributed by atoms with Crippen LogP contribution in [0.15, 0.2) is 0 Å². The highest BCUT2D eigenvalue weighted by molar-refractivity contribution is 5.88. The summed E-state index contributed by atoms with van der Waals surface area (Å²) >= 11 is 0. The van der Waals surface area contributed by atoms with Crippen LogP contribution in [0.4, 0.5) is 0 Å². The molecule has 1 N–H and O–H groups in total. The third kappa shape index (κ3) is 2.41. The average Bonchev–Trinajstić information content (AvgIpc) is 2.97. The molecule has 4 heteroatoms. The summed E-state index contributed by atoms with van der Waals surface area (Å²) in [7, 11) is 0. The Kier molecular flexibility index (Phi) is 3.32. The summed E-state index contributed by atoms with van der Waals surface area (Å²) in [5, 5.41) is 3.13. The largest absolute Gasteiger partial charge is 0.456 e. The van der Waals surface area contributed by atoms with Gasteiger partial charge in [-0.05, 0) is 75.7 Å². The van der Waals surface area contributed by atoms with Gasteiger partial charge in [0.05, 0.1) is 0 Å². The van der Waals surface area contributed by atoms with Crippen LogP contribution < -0.4 is 5.32 Å². The third-order valence-corrected chi connectivity index (χ3v) is 6.32. The number of hydrogen-bond acceptors (Lipinski definition) is 4. The molecule has 1 saturated heterocycles. The zero-order chi connectivity index (χ0) is 14.4. The monoisotopic (exact) mass is 291 g/mol. The van der Waals surface area contributed by atoms with Crippen molar-refractivity contribution in [1.29, 1.82) is 0 Å². The molecule has 5 rings (SSSR count). The zero-order valence-corrected chi connectivity index (χ0v) is 12.6. The molecule has 4 saturated carbocycles. The van der Waals surface area contributed by atoms with Crippen molar-refractivity contribution < 1.29 is 14.3 Å². The van der Waals surface area contributed by atoms with Crippen LogP contribution in [0.2, 0.25) is 0 Å². The van der Waals surface area contributed by atoms with Crippen LogP contribution in [0.25, 0.3) is 0 Å². The molecule has 1 aliphatic heterocycles. The Morgan fingerprint density at radius 2 is 1.67 bits per heavy atom. The molecule has 0 aromatic rings. The second kappa shape index (κ2) is 5.08. The molecule has 1 atom stereocenters. The Morgan fingerprint density at radius 3 is 2.19 bits per heavy atom. The van der Waals surface area contributed by atoms with Gasteiger partial charge in [0.15, 0.2) is 12.4 Å². The quantitative estimate of drug-likeness (QED) is 0.806. The molecule has 5 aliphatic rings. The highest BCUT2D eigenvalue weighted by Crippen LogP contribution is 2.60. The zero-order valence-electron chi connectivity index (χ0n) is 12.6. The van der Waals surface area contributed by atoms with E-state index in [-0.39, 0.29) is 29.8 Å². The van der Waals surface area contributed by atoms with Crippen molar-refractivity contribution in [2.24, 2.45) is 23.2 Å². The Labute approximate surface area is 126 Å². The van der Waals surface area contributed by atoms with Gasteiger partial charge in [-0.25, -0.2) is 0 Å². The maximum Gasteiger partial charge on any atom is 0.323 e. The van der Waals surface area contributed by atoms with E-state index in [0.29, 0.717) is 0 Å². The first-order valence-electron chi connectivity index (χ1n) is 8.58. The van der Waals surface area contributed by atoms with Gasteiger partial charge in [0, 0.05) is 5.41 Å². The summed E-state index contributed by atoms with van der Waals surface area (Å²) in [5.41, 5.74) is -0.141. The van der Waals surface area contributed by atoms with E-state index in [4.69, 9.17) is 4.74 Å². The first-order valence-corrected chi connectivity index (χ1v) is 8.58. The van der Waals surface area contributed by atoms with Crippen LogP contribution in [-0.2, 0) is 14.3 Å². The number of ether oxygens (including phenoxy) is 1. The molecule has 116 valence electrons. The van der Waals surface area contributed by atoms with Gasteiger partial charge in [0.2, 0.25) is 0 Å². The summed E-state index contributed by atoms with van der Waals surface area (Å²) < 4.78 is 5.33. The minimum absolute atomic E-state index is 0.00315. The molecule has 1 heterocycles. The number of nitrogens with one attached hydrogen (secondary N) is 1. The van der Waals surface area contributed by atoms with Crippen LogP contribution >= 0.6 is 0 Å². The van der Waals surface area contributed by atoms with Crippen molar-refractivity contribution in [3.8, 4) is 0 Å². The molecule has 0 radical (unpaired) electrons. The van der Waals surface area contributed by atoms with Gasteiger partial charge in [-0.15, -0.1) is 0 Å². The van der Waals surface area contributed by atoms with Gasteiger partial charge in [-0.1, -0.05) is 0 Å². The second-order valence-electron chi connectivity index (χ2n) is 7.88. The van der Waals surface area contributed by atoms with Crippen molar-refractivity contribution in [3.63, 3.8) is 0 Å². The van der Waals surface area contributed by atoms with E-state index >= 15 is 0 Å². The first-order chi connectivity index (χ1) is 10.1. The fourth-order valence-electron chi connectivity index (χ4n) is 5.73. The number of carbonyl (C=O) groups is 2. The van der Waals surface area contributed by atoms with Gasteiger partial charge in [0.1, 0.15) is 6.04 Å². The molecular weight excluding hydrogens is 266 g/mol. The normalized spacial score (nSPS) is 44.0. The minimum atomic E-state index is -0.231. The van der Waals surface area contributed by atoms with Gasteiger partial charge < -0.3 is 10.1 Å². The van der Waals surface area contributed by atoms with Crippen LogP contribution in [0.1, 0.15) is 51.4 Å². The molecular formula is C17H25NO3. The number of rotatable bonds is 4. The average molecular weight is 291 g/mol. The van der Waals surface area contributed by atoms with Crippen molar-refractivity contribution in [1.82, 2.24) is 5.32 Å². The highest BCUT2D eigenvalue weighted by atomic mass is 16.5. The molecule has 4 nitrogen and oxygen atoms in total. The predicted octanol–water partition coefficient (Wildman–Crippen LogP) is 2.07. The summed E-state index contributed by atoms with van der Waals surface area (Å²) in [5.74, 6) is 2.24. The molecule has 4 aliphatic carbocycles. The van der Waals surface area contributed by atoms with Crippen LogP contribution in [0, 0.1) is 23.2 Å². The van der Waals surface area contributed by atoms with Gasteiger partial charge in [-0.2, -0.15) is 0 Å². The Bertz CT molecular complexity index is 418. The van der Waals surface area contributed by atoms with E-state index < -0.39 is 0 Å². The Hall–Kier alpha value is -0.900. The van der Waals surface area contributed by atoms with Gasteiger partial charge in [0.25, 0.3) is 0 Å².